The van der Waals surface area contributed by atoms with Gasteiger partial charge >= 0.3 is 5.97 Å². The van der Waals surface area contributed by atoms with E-state index in [1.54, 1.807) is 24.4 Å². The van der Waals surface area contributed by atoms with Crippen LogP contribution in [0.5, 0.6) is 0 Å². The number of nitrogens with one attached hydrogen (secondary N) is 1. The van der Waals surface area contributed by atoms with Crippen LogP contribution in [0.1, 0.15) is 21.5 Å². The van der Waals surface area contributed by atoms with E-state index in [1.807, 2.05) is 38.1 Å². The number of hydrogen-bond acceptors (Lipinski definition) is 3. The normalized spacial score (nSPS) is 10.6. The van der Waals surface area contributed by atoms with Gasteiger partial charge in [-0.2, -0.15) is 0 Å². The first kappa shape index (κ1) is 14.1. The minimum absolute atomic E-state index is 0.248. The van der Waals surface area contributed by atoms with Crippen LogP contribution in [0.4, 0.5) is 11.4 Å². The molecule has 0 unspecified atom stereocenters. The number of fused-ring (bicyclic) bond motifs is 1. The number of hydrogen-bond donors (Lipinski definition) is 2. The standard InChI is InChI=1S/C18H16N2O2/c1-11-7-8-12(2)17-16(11)15(9-10-19-17)20-14-6-4-3-5-13(14)18(21)22/h3-10H,1-2H3,(H,19,20)(H,21,22). The molecule has 0 aliphatic rings. The van der Waals surface area contributed by atoms with E-state index in [0.29, 0.717) is 5.69 Å². The second-order valence-electron chi connectivity index (χ2n) is 5.26. The van der Waals surface area contributed by atoms with Gasteiger partial charge in [-0.05, 0) is 43.2 Å². The summed E-state index contributed by atoms with van der Waals surface area (Å²) >= 11 is 0. The van der Waals surface area contributed by atoms with Gasteiger partial charge in [0.25, 0.3) is 0 Å². The van der Waals surface area contributed by atoms with Crippen LogP contribution < -0.4 is 5.32 Å². The van der Waals surface area contributed by atoms with Crippen LogP contribution in [0.2, 0.25) is 0 Å². The van der Waals surface area contributed by atoms with Crippen molar-refractivity contribution in [2.75, 3.05) is 5.32 Å². The molecule has 0 amide bonds. The van der Waals surface area contributed by atoms with Gasteiger partial charge in [-0.25, -0.2) is 4.79 Å². The molecule has 3 aromatic rings. The number of anilines is 2. The van der Waals surface area contributed by atoms with Gasteiger partial charge in [-0.3, -0.25) is 4.98 Å². The third-order valence-electron chi connectivity index (χ3n) is 3.73. The highest BCUT2D eigenvalue weighted by Gasteiger charge is 2.12. The Morgan fingerprint density at radius 2 is 1.73 bits per heavy atom. The van der Waals surface area contributed by atoms with Gasteiger partial charge < -0.3 is 10.4 Å². The van der Waals surface area contributed by atoms with Crippen LogP contribution in [0.3, 0.4) is 0 Å². The van der Waals surface area contributed by atoms with Crippen molar-refractivity contribution in [3.05, 3.63) is 65.4 Å². The summed E-state index contributed by atoms with van der Waals surface area (Å²) in [4.78, 5) is 15.8. The molecule has 110 valence electrons. The summed E-state index contributed by atoms with van der Waals surface area (Å²) in [5.74, 6) is -0.950. The van der Waals surface area contributed by atoms with Crippen molar-refractivity contribution in [2.24, 2.45) is 0 Å². The Bertz CT molecular complexity index is 872. The molecule has 0 atom stereocenters. The number of rotatable bonds is 3. The highest BCUT2D eigenvalue weighted by atomic mass is 16.4. The summed E-state index contributed by atoms with van der Waals surface area (Å²) in [6, 6.07) is 12.8. The fourth-order valence-electron chi connectivity index (χ4n) is 2.60. The lowest BCUT2D eigenvalue weighted by molar-refractivity contribution is 0.0698. The van der Waals surface area contributed by atoms with Crippen LogP contribution in [-0.4, -0.2) is 16.1 Å². The van der Waals surface area contributed by atoms with Gasteiger partial charge in [0.05, 0.1) is 16.8 Å². The molecule has 2 aromatic carbocycles. The molecular weight excluding hydrogens is 276 g/mol. The molecule has 0 saturated carbocycles. The number of nitrogens with zero attached hydrogens (tertiary/aromatic N) is 1. The maximum absolute atomic E-state index is 11.3. The van der Waals surface area contributed by atoms with Crippen molar-refractivity contribution in [3.8, 4) is 0 Å². The summed E-state index contributed by atoms with van der Waals surface area (Å²) < 4.78 is 0. The molecule has 0 radical (unpaired) electrons. The van der Waals surface area contributed by atoms with E-state index >= 15 is 0 Å². The lowest BCUT2D eigenvalue weighted by atomic mass is 10.0. The third-order valence-corrected chi connectivity index (χ3v) is 3.73. The predicted molar refractivity (Wildman–Crippen MR) is 87.9 cm³/mol. The third kappa shape index (κ3) is 2.39. The van der Waals surface area contributed by atoms with Gasteiger partial charge in [0.1, 0.15) is 0 Å². The largest absolute Gasteiger partial charge is 0.478 e. The van der Waals surface area contributed by atoms with Crippen molar-refractivity contribution < 1.29 is 9.90 Å². The summed E-state index contributed by atoms with van der Waals surface area (Å²) in [5.41, 5.74) is 4.80. The van der Waals surface area contributed by atoms with Gasteiger partial charge in [-0.1, -0.05) is 24.3 Å². The minimum atomic E-state index is -0.950. The first-order valence-electron chi connectivity index (χ1n) is 7.02. The molecule has 3 rings (SSSR count). The van der Waals surface area contributed by atoms with Gasteiger partial charge in [0.2, 0.25) is 0 Å². The Morgan fingerprint density at radius 1 is 1.00 bits per heavy atom. The molecule has 0 saturated heterocycles. The van der Waals surface area contributed by atoms with Crippen molar-refractivity contribution in [3.63, 3.8) is 0 Å². The van der Waals surface area contributed by atoms with E-state index in [0.717, 1.165) is 27.7 Å². The van der Waals surface area contributed by atoms with Crippen molar-refractivity contribution in [1.82, 2.24) is 4.98 Å². The number of carboxylic acid groups (broad SMARTS) is 1. The Balaban J connectivity index is 2.17. The van der Waals surface area contributed by atoms with E-state index in [4.69, 9.17) is 0 Å². The number of carboxylic acids is 1. The fraction of sp³-hybridized carbons (Fsp3) is 0.111. The molecule has 0 fully saturated rings. The number of para-hydroxylation sites is 1. The van der Waals surface area contributed by atoms with E-state index in [2.05, 4.69) is 10.3 Å². The van der Waals surface area contributed by atoms with Crippen molar-refractivity contribution in [2.45, 2.75) is 13.8 Å². The summed E-state index contributed by atoms with van der Waals surface area (Å²) in [6.07, 6.45) is 1.74. The number of aromatic nitrogens is 1. The highest BCUT2D eigenvalue weighted by molar-refractivity contribution is 6.00. The molecule has 0 aliphatic heterocycles. The maximum Gasteiger partial charge on any atom is 0.337 e. The number of pyridine rings is 1. The molecule has 4 nitrogen and oxygen atoms in total. The van der Waals surface area contributed by atoms with Crippen LogP contribution in [0, 0.1) is 13.8 Å². The Kier molecular flexibility index (Phi) is 3.51. The van der Waals surface area contributed by atoms with Crippen molar-refractivity contribution >= 4 is 28.2 Å². The Hall–Kier alpha value is -2.88. The molecule has 4 heteroatoms. The SMILES string of the molecule is Cc1ccc(C)c2c(Nc3ccccc3C(=O)O)ccnc12. The Labute approximate surface area is 128 Å². The fourth-order valence-corrected chi connectivity index (χ4v) is 2.60. The molecule has 1 heterocycles. The highest BCUT2D eigenvalue weighted by Crippen LogP contribution is 2.30. The first-order valence-corrected chi connectivity index (χ1v) is 7.02. The van der Waals surface area contributed by atoms with Crippen LogP contribution >= 0.6 is 0 Å². The van der Waals surface area contributed by atoms with Crippen LogP contribution in [0.25, 0.3) is 10.9 Å². The number of aromatic carboxylic acids is 1. The lowest BCUT2D eigenvalue weighted by Gasteiger charge is -2.14. The van der Waals surface area contributed by atoms with E-state index < -0.39 is 5.97 Å². The predicted octanol–water partition coefficient (Wildman–Crippen LogP) is 4.29. The molecule has 22 heavy (non-hydrogen) atoms. The van der Waals surface area contributed by atoms with Crippen LogP contribution in [-0.2, 0) is 0 Å². The number of benzene rings is 2. The summed E-state index contributed by atoms with van der Waals surface area (Å²) in [5, 5.41) is 13.6. The van der Waals surface area contributed by atoms with E-state index in [1.165, 1.54) is 0 Å². The molecule has 0 spiro atoms. The van der Waals surface area contributed by atoms with Gasteiger partial charge in [0, 0.05) is 17.3 Å². The number of aryl methyl sites for hydroxylation is 2. The average molecular weight is 292 g/mol. The zero-order valence-corrected chi connectivity index (χ0v) is 12.4. The van der Waals surface area contributed by atoms with Gasteiger partial charge in [0.15, 0.2) is 0 Å². The minimum Gasteiger partial charge on any atom is -0.478 e. The zero-order valence-electron chi connectivity index (χ0n) is 12.4. The smallest absolute Gasteiger partial charge is 0.337 e. The molecule has 0 aliphatic carbocycles. The summed E-state index contributed by atoms with van der Waals surface area (Å²) in [7, 11) is 0. The molecular formula is C18H16N2O2. The second kappa shape index (κ2) is 5.48. The van der Waals surface area contributed by atoms with Crippen LogP contribution in [0.15, 0.2) is 48.7 Å². The molecule has 1 aromatic heterocycles. The Morgan fingerprint density at radius 3 is 2.50 bits per heavy atom. The lowest BCUT2D eigenvalue weighted by Crippen LogP contribution is -2.03. The van der Waals surface area contributed by atoms with E-state index in [9.17, 15) is 9.90 Å². The molecule has 2 N–H and O–H groups in total. The topological polar surface area (TPSA) is 62.2 Å². The first-order chi connectivity index (χ1) is 10.6. The monoisotopic (exact) mass is 292 g/mol. The van der Waals surface area contributed by atoms with Crippen molar-refractivity contribution in [1.29, 1.82) is 0 Å². The quantitative estimate of drug-likeness (QED) is 0.755. The number of carbonyl (C=O) groups is 1. The molecule has 0 bridgehead atoms. The summed E-state index contributed by atoms with van der Waals surface area (Å²) in [6.45, 7) is 4.04. The zero-order chi connectivity index (χ0) is 15.7. The second-order valence-corrected chi connectivity index (χ2v) is 5.26. The maximum atomic E-state index is 11.3. The average Bonchev–Trinajstić information content (AvgIpc) is 2.51. The van der Waals surface area contributed by atoms with Gasteiger partial charge in [-0.15, -0.1) is 0 Å². The van der Waals surface area contributed by atoms with E-state index in [-0.39, 0.29) is 5.56 Å².